The molecule has 1 atom stereocenters. The van der Waals surface area contributed by atoms with Crippen molar-refractivity contribution < 1.29 is 23.8 Å². The van der Waals surface area contributed by atoms with E-state index in [1.54, 1.807) is 20.8 Å². The van der Waals surface area contributed by atoms with Crippen LogP contribution in [0.1, 0.15) is 39.7 Å². The molecule has 0 aliphatic rings. The summed E-state index contributed by atoms with van der Waals surface area (Å²) in [5.41, 5.74) is 0.421. The molecule has 22 heavy (non-hydrogen) atoms. The predicted octanol–water partition coefficient (Wildman–Crippen LogP) is 2.87. The molecule has 0 aromatic heterocycles. The van der Waals surface area contributed by atoms with E-state index in [4.69, 9.17) is 14.2 Å². The normalized spacial score (nSPS) is 12.5. The molecule has 0 N–H and O–H groups in total. The van der Waals surface area contributed by atoms with E-state index in [-0.39, 0.29) is 6.42 Å². The van der Waals surface area contributed by atoms with Crippen molar-refractivity contribution in [3.05, 3.63) is 35.9 Å². The molecule has 0 bridgehead atoms. The van der Waals surface area contributed by atoms with Crippen LogP contribution >= 0.6 is 0 Å². The van der Waals surface area contributed by atoms with Crippen LogP contribution in [0.4, 0.5) is 0 Å². The lowest BCUT2D eigenvalue weighted by Gasteiger charge is -2.23. The number of benzene rings is 1. The predicted molar refractivity (Wildman–Crippen MR) is 82.1 cm³/mol. The summed E-state index contributed by atoms with van der Waals surface area (Å²) >= 11 is 0. The zero-order valence-corrected chi connectivity index (χ0v) is 13.6. The highest BCUT2D eigenvalue weighted by molar-refractivity contribution is 5.78. The van der Waals surface area contributed by atoms with Gasteiger partial charge in [-0.2, -0.15) is 0 Å². The van der Waals surface area contributed by atoms with Gasteiger partial charge < -0.3 is 14.2 Å². The number of rotatable bonds is 7. The quantitative estimate of drug-likeness (QED) is 0.572. The average molecular weight is 308 g/mol. The molecule has 0 unspecified atom stereocenters. The maximum Gasteiger partial charge on any atom is 0.348 e. The highest BCUT2D eigenvalue weighted by Crippen LogP contribution is 2.12. The van der Waals surface area contributed by atoms with Gasteiger partial charge in [0.15, 0.2) is 0 Å². The molecule has 0 aliphatic carbocycles. The van der Waals surface area contributed by atoms with Gasteiger partial charge in [0.25, 0.3) is 0 Å². The molecule has 1 aromatic rings. The number of ether oxygens (including phenoxy) is 3. The van der Waals surface area contributed by atoms with Crippen molar-refractivity contribution in [3.8, 4) is 0 Å². The first kappa shape index (κ1) is 18.2. The Hall–Kier alpha value is -1.88. The molecule has 1 aromatic carbocycles. The van der Waals surface area contributed by atoms with E-state index in [2.05, 4.69) is 0 Å². The van der Waals surface area contributed by atoms with E-state index in [1.807, 2.05) is 30.3 Å². The first-order valence-corrected chi connectivity index (χ1v) is 7.29. The minimum Gasteiger partial charge on any atom is -0.457 e. The number of carbonyl (C=O) groups excluding carboxylic acids is 2. The van der Waals surface area contributed by atoms with Crippen molar-refractivity contribution in [2.45, 2.75) is 52.4 Å². The topological polar surface area (TPSA) is 61.8 Å². The van der Waals surface area contributed by atoms with Crippen molar-refractivity contribution in [1.29, 1.82) is 0 Å². The lowest BCUT2D eigenvalue weighted by Crippen LogP contribution is -2.35. The Morgan fingerprint density at radius 2 is 1.77 bits per heavy atom. The summed E-state index contributed by atoms with van der Waals surface area (Å²) in [7, 11) is 0. The van der Waals surface area contributed by atoms with Gasteiger partial charge in [0, 0.05) is 13.3 Å². The molecule has 0 heterocycles. The third-order valence-corrected chi connectivity index (χ3v) is 2.61. The third kappa shape index (κ3) is 7.78. The molecular formula is C17H24O5. The average Bonchev–Trinajstić information content (AvgIpc) is 2.41. The van der Waals surface area contributed by atoms with Gasteiger partial charge in [0.2, 0.25) is 6.10 Å². The van der Waals surface area contributed by atoms with Gasteiger partial charge in [-0.25, -0.2) is 4.79 Å². The van der Waals surface area contributed by atoms with Crippen LogP contribution in [-0.2, 0) is 30.4 Å². The minimum absolute atomic E-state index is 0.265. The molecular weight excluding hydrogens is 284 g/mol. The van der Waals surface area contributed by atoms with Crippen molar-refractivity contribution in [2.24, 2.45) is 0 Å². The van der Waals surface area contributed by atoms with Gasteiger partial charge in [0.1, 0.15) is 5.60 Å². The first-order valence-electron chi connectivity index (χ1n) is 7.29. The van der Waals surface area contributed by atoms with E-state index in [1.165, 1.54) is 6.92 Å². The molecule has 0 fully saturated rings. The Morgan fingerprint density at radius 3 is 2.32 bits per heavy atom. The van der Waals surface area contributed by atoms with Gasteiger partial charge in [-0.15, -0.1) is 0 Å². The van der Waals surface area contributed by atoms with Crippen LogP contribution in [0.25, 0.3) is 0 Å². The summed E-state index contributed by atoms with van der Waals surface area (Å²) in [6, 6.07) is 9.71. The lowest BCUT2D eigenvalue weighted by molar-refractivity contribution is -0.176. The molecule has 0 saturated heterocycles. The Labute approximate surface area is 131 Å². The minimum atomic E-state index is -0.938. The second-order valence-electron chi connectivity index (χ2n) is 5.96. The second-order valence-corrected chi connectivity index (χ2v) is 5.96. The van der Waals surface area contributed by atoms with E-state index < -0.39 is 23.6 Å². The fraction of sp³-hybridized carbons (Fsp3) is 0.529. The molecule has 5 nitrogen and oxygen atoms in total. The Morgan fingerprint density at radius 1 is 1.14 bits per heavy atom. The van der Waals surface area contributed by atoms with Crippen LogP contribution in [0.5, 0.6) is 0 Å². The maximum atomic E-state index is 12.0. The second kappa shape index (κ2) is 8.54. The van der Waals surface area contributed by atoms with Crippen molar-refractivity contribution >= 4 is 11.9 Å². The van der Waals surface area contributed by atoms with Gasteiger partial charge >= 0.3 is 11.9 Å². The fourth-order valence-electron chi connectivity index (χ4n) is 1.75. The molecule has 5 heteroatoms. The smallest absolute Gasteiger partial charge is 0.348 e. The van der Waals surface area contributed by atoms with Crippen molar-refractivity contribution in [2.75, 3.05) is 6.61 Å². The Balaban J connectivity index is 2.44. The van der Waals surface area contributed by atoms with E-state index >= 15 is 0 Å². The molecule has 0 spiro atoms. The van der Waals surface area contributed by atoms with Crippen LogP contribution in [0, 0.1) is 0 Å². The van der Waals surface area contributed by atoms with Gasteiger partial charge in [-0.3, -0.25) is 4.79 Å². The van der Waals surface area contributed by atoms with Crippen LogP contribution in [-0.4, -0.2) is 30.3 Å². The number of esters is 2. The van der Waals surface area contributed by atoms with E-state index in [0.29, 0.717) is 13.2 Å². The number of hydrogen-bond acceptors (Lipinski definition) is 5. The molecule has 122 valence electrons. The molecule has 0 saturated carbocycles. The largest absolute Gasteiger partial charge is 0.457 e. The first-order chi connectivity index (χ1) is 10.3. The van der Waals surface area contributed by atoms with Gasteiger partial charge in [0.05, 0.1) is 13.2 Å². The highest BCUT2D eigenvalue weighted by Gasteiger charge is 2.27. The van der Waals surface area contributed by atoms with E-state index in [0.717, 1.165) is 5.56 Å². The number of carbonyl (C=O) groups is 2. The maximum absolute atomic E-state index is 12.0. The lowest BCUT2D eigenvalue weighted by atomic mass is 10.2. The summed E-state index contributed by atoms with van der Waals surface area (Å²) in [6.45, 7) is 7.31. The molecule has 0 amide bonds. The monoisotopic (exact) mass is 308 g/mol. The van der Waals surface area contributed by atoms with Gasteiger partial charge in [-0.1, -0.05) is 30.3 Å². The molecule has 1 rings (SSSR count). The Bertz CT molecular complexity index is 476. The zero-order chi connectivity index (χ0) is 16.6. The molecule has 0 aliphatic heterocycles. The van der Waals surface area contributed by atoms with Crippen LogP contribution in [0.2, 0.25) is 0 Å². The number of hydrogen-bond donors (Lipinski definition) is 0. The van der Waals surface area contributed by atoms with Gasteiger partial charge in [-0.05, 0) is 26.3 Å². The summed E-state index contributed by atoms with van der Waals surface area (Å²) in [6.07, 6.45) is -0.672. The molecule has 0 radical (unpaired) electrons. The fourth-order valence-corrected chi connectivity index (χ4v) is 1.75. The zero-order valence-electron chi connectivity index (χ0n) is 13.6. The van der Waals surface area contributed by atoms with Crippen LogP contribution < -0.4 is 0 Å². The standard InChI is InChI=1S/C17H24O5/c1-13(18)21-15(16(19)22-17(2,3)4)10-11-20-12-14-8-6-5-7-9-14/h5-9,15H,10-12H2,1-4H3/t15-/m0/s1. The summed E-state index contributed by atoms with van der Waals surface area (Å²) in [4.78, 5) is 23.1. The third-order valence-electron chi connectivity index (χ3n) is 2.61. The summed E-state index contributed by atoms with van der Waals surface area (Å²) in [5, 5.41) is 0. The highest BCUT2D eigenvalue weighted by atomic mass is 16.6. The van der Waals surface area contributed by atoms with Crippen LogP contribution in [0.3, 0.4) is 0 Å². The van der Waals surface area contributed by atoms with Crippen LogP contribution in [0.15, 0.2) is 30.3 Å². The van der Waals surface area contributed by atoms with Crippen molar-refractivity contribution in [1.82, 2.24) is 0 Å². The summed E-state index contributed by atoms with van der Waals surface area (Å²) < 4.78 is 15.8. The SMILES string of the molecule is CC(=O)O[C@@H](CCOCc1ccccc1)C(=O)OC(C)(C)C. The Kier molecular flexibility index (Phi) is 7.05. The van der Waals surface area contributed by atoms with Crippen molar-refractivity contribution in [3.63, 3.8) is 0 Å². The summed E-state index contributed by atoms with van der Waals surface area (Å²) in [5.74, 6) is -1.06. The van der Waals surface area contributed by atoms with E-state index in [9.17, 15) is 9.59 Å².